The van der Waals surface area contributed by atoms with Crippen LogP contribution in [-0.4, -0.2) is 9.13 Å². The van der Waals surface area contributed by atoms with Crippen molar-refractivity contribution in [2.75, 3.05) is 0 Å². The van der Waals surface area contributed by atoms with E-state index in [4.69, 9.17) is 0 Å². The molecule has 6 aromatic carbocycles. The number of aromatic nitrogens is 2. The minimum absolute atomic E-state index is 0.0232. The maximum Gasteiger partial charge on any atom is 0.416 e. The fourth-order valence-electron chi connectivity index (χ4n) is 7.27. The Kier molecular flexibility index (Phi) is 6.99. The predicted molar refractivity (Wildman–Crippen MR) is 190 cm³/mol. The van der Waals surface area contributed by atoms with E-state index in [1.165, 1.54) is 12.1 Å². The average molecular weight is 677 g/mol. The number of rotatable bonds is 3. The van der Waals surface area contributed by atoms with E-state index >= 15 is 0 Å². The molecule has 0 saturated heterocycles. The molecule has 50 heavy (non-hydrogen) atoms. The zero-order valence-electron chi connectivity index (χ0n) is 27.6. The minimum Gasteiger partial charge on any atom is -0.309 e. The van der Waals surface area contributed by atoms with E-state index in [0.29, 0.717) is 11.4 Å². The van der Waals surface area contributed by atoms with Gasteiger partial charge in [0.15, 0.2) is 0 Å². The number of nitrogens with zero attached hydrogens (tertiary/aromatic N) is 2. The summed E-state index contributed by atoms with van der Waals surface area (Å²) >= 11 is 0. The van der Waals surface area contributed by atoms with Crippen molar-refractivity contribution in [3.63, 3.8) is 0 Å². The molecule has 0 unspecified atom stereocenters. The van der Waals surface area contributed by atoms with Gasteiger partial charge in [0.25, 0.3) is 0 Å². The number of hydrogen-bond donors (Lipinski definition) is 0. The van der Waals surface area contributed by atoms with Gasteiger partial charge in [0.1, 0.15) is 0 Å². The first-order valence-electron chi connectivity index (χ1n) is 16.2. The molecule has 250 valence electrons. The number of hydrogen-bond acceptors (Lipinski definition) is 0. The molecule has 8 rings (SSSR count). The molecule has 8 aromatic rings. The summed E-state index contributed by atoms with van der Waals surface area (Å²) in [6.45, 7) is 7.86. The third kappa shape index (κ3) is 5.04. The first-order valence-corrected chi connectivity index (χ1v) is 16.2. The minimum atomic E-state index is -4.74. The molecular formula is C42H30F6N2. The Balaban J connectivity index is 1.55. The zero-order valence-corrected chi connectivity index (χ0v) is 27.6. The summed E-state index contributed by atoms with van der Waals surface area (Å²) in [7, 11) is 0. The van der Waals surface area contributed by atoms with Gasteiger partial charge >= 0.3 is 12.4 Å². The molecule has 8 heteroatoms. The predicted octanol–water partition coefficient (Wildman–Crippen LogP) is 12.8. The van der Waals surface area contributed by atoms with E-state index < -0.39 is 23.5 Å². The van der Waals surface area contributed by atoms with Gasteiger partial charge in [-0.1, -0.05) is 46.5 Å². The summed E-state index contributed by atoms with van der Waals surface area (Å²) in [5.41, 5.74) is 5.73. The standard InChI is InChI=1S/C42H30F6N2/c1-23-5-11-35-29(17-23)30-18-24(2)6-12-36(30)49(35)39-15-9-27(41(43,44)45)21-33(39)34-22-28(42(46,47)48)10-16-40(34)50-37-13-7-25(3)19-31(37)32-20-26(4)8-14-38(32)50/h5-22H,1-4H3. The van der Waals surface area contributed by atoms with Crippen molar-refractivity contribution in [2.45, 2.75) is 40.0 Å². The van der Waals surface area contributed by atoms with E-state index in [2.05, 4.69) is 0 Å². The molecule has 0 aliphatic carbocycles. The van der Waals surface area contributed by atoms with Crippen LogP contribution in [0.1, 0.15) is 33.4 Å². The monoisotopic (exact) mass is 676 g/mol. The Bertz CT molecular complexity index is 2370. The second-order valence-electron chi connectivity index (χ2n) is 13.2. The van der Waals surface area contributed by atoms with Gasteiger partial charge in [-0.15, -0.1) is 0 Å². The first-order chi connectivity index (χ1) is 23.7. The summed E-state index contributed by atoms with van der Waals surface area (Å²) in [6, 6.07) is 30.1. The highest BCUT2D eigenvalue weighted by atomic mass is 19.4. The maximum atomic E-state index is 14.5. The lowest BCUT2D eigenvalue weighted by Crippen LogP contribution is -2.10. The van der Waals surface area contributed by atoms with Crippen LogP contribution in [0.15, 0.2) is 109 Å². The molecule has 2 aromatic heterocycles. The number of aryl methyl sites for hydroxylation is 4. The van der Waals surface area contributed by atoms with Crippen molar-refractivity contribution in [2.24, 2.45) is 0 Å². The second-order valence-corrected chi connectivity index (χ2v) is 13.2. The lowest BCUT2D eigenvalue weighted by atomic mass is 9.96. The number of alkyl halides is 6. The molecule has 0 aliphatic rings. The topological polar surface area (TPSA) is 9.86 Å². The lowest BCUT2D eigenvalue weighted by molar-refractivity contribution is -0.138. The molecule has 0 fully saturated rings. The van der Waals surface area contributed by atoms with Crippen molar-refractivity contribution in [3.8, 4) is 22.5 Å². The van der Waals surface area contributed by atoms with Gasteiger partial charge in [0.05, 0.1) is 44.6 Å². The lowest BCUT2D eigenvalue weighted by Gasteiger charge is -2.21. The Morgan fingerprint density at radius 3 is 0.900 bits per heavy atom. The Labute approximate surface area is 283 Å². The van der Waals surface area contributed by atoms with Crippen molar-refractivity contribution in [1.29, 1.82) is 0 Å². The highest BCUT2D eigenvalue weighted by Gasteiger charge is 2.34. The highest BCUT2D eigenvalue weighted by molar-refractivity contribution is 6.12. The molecule has 0 spiro atoms. The van der Waals surface area contributed by atoms with Gasteiger partial charge in [-0.25, -0.2) is 0 Å². The van der Waals surface area contributed by atoms with E-state index in [9.17, 15) is 26.3 Å². The third-order valence-electron chi connectivity index (χ3n) is 9.57. The van der Waals surface area contributed by atoms with E-state index in [1.807, 2.05) is 110 Å². The fourth-order valence-corrected chi connectivity index (χ4v) is 7.27. The van der Waals surface area contributed by atoms with Gasteiger partial charge < -0.3 is 9.13 Å². The smallest absolute Gasteiger partial charge is 0.309 e. The van der Waals surface area contributed by atoms with Crippen LogP contribution in [0, 0.1) is 27.7 Å². The summed E-state index contributed by atoms with van der Waals surface area (Å²) in [5.74, 6) is 0. The number of benzene rings is 6. The number of fused-ring (bicyclic) bond motifs is 6. The van der Waals surface area contributed by atoms with Crippen LogP contribution >= 0.6 is 0 Å². The second kappa shape index (κ2) is 11.0. The van der Waals surface area contributed by atoms with Crippen LogP contribution in [0.2, 0.25) is 0 Å². The molecule has 0 atom stereocenters. The van der Waals surface area contributed by atoms with Crippen LogP contribution in [0.5, 0.6) is 0 Å². The van der Waals surface area contributed by atoms with Crippen molar-refractivity contribution >= 4 is 43.6 Å². The van der Waals surface area contributed by atoms with E-state index in [-0.39, 0.29) is 11.1 Å². The maximum absolute atomic E-state index is 14.5. The fraction of sp³-hybridized carbons (Fsp3) is 0.143. The van der Waals surface area contributed by atoms with Crippen LogP contribution in [0.4, 0.5) is 26.3 Å². The van der Waals surface area contributed by atoms with Gasteiger partial charge in [-0.2, -0.15) is 26.3 Å². The summed E-state index contributed by atoms with van der Waals surface area (Å²) < 4.78 is 90.7. The van der Waals surface area contributed by atoms with Gasteiger partial charge in [0.2, 0.25) is 0 Å². The Hall–Kier alpha value is -5.50. The molecule has 0 aliphatic heterocycles. The Morgan fingerprint density at radius 2 is 0.640 bits per heavy atom. The van der Waals surface area contributed by atoms with E-state index in [0.717, 1.165) is 90.1 Å². The third-order valence-corrected chi connectivity index (χ3v) is 9.57. The Morgan fingerprint density at radius 1 is 0.360 bits per heavy atom. The van der Waals surface area contributed by atoms with Crippen LogP contribution in [0.25, 0.3) is 66.1 Å². The number of halogens is 6. The summed E-state index contributed by atoms with van der Waals surface area (Å²) in [5, 5.41) is 3.58. The molecule has 0 saturated carbocycles. The van der Waals surface area contributed by atoms with Gasteiger partial charge in [0, 0.05) is 32.7 Å². The molecule has 2 heterocycles. The van der Waals surface area contributed by atoms with E-state index in [1.54, 1.807) is 0 Å². The molecule has 0 radical (unpaired) electrons. The molecule has 0 N–H and O–H groups in total. The SMILES string of the molecule is Cc1ccc2c(c1)c1cc(C)ccc1n2-c1ccc(C(F)(F)F)cc1-c1cc(C(F)(F)F)ccc1-n1c2ccc(C)cc2c2cc(C)ccc21. The largest absolute Gasteiger partial charge is 0.416 e. The average Bonchev–Trinajstić information content (AvgIpc) is 3.54. The van der Waals surface area contributed by atoms with Crippen LogP contribution in [0.3, 0.4) is 0 Å². The van der Waals surface area contributed by atoms with Crippen LogP contribution in [-0.2, 0) is 12.4 Å². The van der Waals surface area contributed by atoms with Crippen molar-refractivity contribution in [3.05, 3.63) is 143 Å². The van der Waals surface area contributed by atoms with Gasteiger partial charge in [-0.05, 0) is 113 Å². The highest BCUT2D eigenvalue weighted by Crippen LogP contribution is 2.45. The summed E-state index contributed by atoms with van der Waals surface area (Å²) in [6.07, 6.45) is -9.49. The molecular weight excluding hydrogens is 646 g/mol. The molecule has 2 nitrogen and oxygen atoms in total. The summed E-state index contributed by atoms with van der Waals surface area (Å²) in [4.78, 5) is 0. The molecule has 0 amide bonds. The van der Waals surface area contributed by atoms with Crippen molar-refractivity contribution in [1.82, 2.24) is 9.13 Å². The molecule has 0 bridgehead atoms. The zero-order chi connectivity index (χ0) is 35.3. The first kappa shape index (κ1) is 31.7. The van der Waals surface area contributed by atoms with Gasteiger partial charge in [-0.3, -0.25) is 0 Å². The normalized spacial score (nSPS) is 12.6. The quantitative estimate of drug-likeness (QED) is 0.165. The van der Waals surface area contributed by atoms with Crippen LogP contribution < -0.4 is 0 Å². The van der Waals surface area contributed by atoms with Crippen molar-refractivity contribution < 1.29 is 26.3 Å².